The second-order valence-electron chi connectivity index (χ2n) is 4.54. The van der Waals surface area contributed by atoms with Crippen molar-refractivity contribution in [3.63, 3.8) is 0 Å². The van der Waals surface area contributed by atoms with E-state index in [1.807, 2.05) is 0 Å². The summed E-state index contributed by atoms with van der Waals surface area (Å²) < 4.78 is 32.0. The van der Waals surface area contributed by atoms with Gasteiger partial charge in [0, 0.05) is 0 Å². The maximum absolute atomic E-state index is 12.8. The van der Waals surface area contributed by atoms with Crippen molar-refractivity contribution in [1.29, 1.82) is 0 Å². The van der Waals surface area contributed by atoms with Gasteiger partial charge in [0.25, 0.3) is 10.0 Å². The number of carbonyl (C=O) groups is 1. The molecule has 122 valence electrons. The molecule has 1 N–H and O–H groups in total. The fourth-order valence-electron chi connectivity index (χ4n) is 1.97. The zero-order chi connectivity index (χ0) is 17.0. The molecule has 0 aliphatic carbocycles. The van der Waals surface area contributed by atoms with E-state index in [1.165, 1.54) is 25.3 Å². The number of halogens is 1. The predicted molar refractivity (Wildman–Crippen MR) is 89.3 cm³/mol. The van der Waals surface area contributed by atoms with E-state index in [0.717, 1.165) is 4.31 Å². The zero-order valence-electron chi connectivity index (χ0n) is 12.1. The van der Waals surface area contributed by atoms with Gasteiger partial charge in [-0.3, -0.25) is 9.10 Å². The quantitative estimate of drug-likeness (QED) is 0.806. The number of hydrogen-bond donors (Lipinski definition) is 1. The van der Waals surface area contributed by atoms with Crippen LogP contribution in [-0.2, 0) is 14.8 Å². The maximum atomic E-state index is 12.8. The minimum absolute atomic E-state index is 0.0321. The van der Waals surface area contributed by atoms with Crippen molar-refractivity contribution < 1.29 is 23.1 Å². The minimum Gasteiger partial charge on any atom is -0.496 e. The Labute approximate surface area is 142 Å². The normalized spacial score (nSPS) is 11.0. The molecule has 0 saturated carbocycles. The van der Waals surface area contributed by atoms with Crippen LogP contribution in [0.5, 0.6) is 5.75 Å². The Morgan fingerprint density at radius 2 is 1.87 bits per heavy atom. The molecule has 0 atom stereocenters. The van der Waals surface area contributed by atoms with Crippen LogP contribution in [0.25, 0.3) is 0 Å². The van der Waals surface area contributed by atoms with Gasteiger partial charge in [0.1, 0.15) is 12.3 Å². The fraction of sp³-hybridized carbons (Fsp3) is 0.133. The molecule has 0 aliphatic rings. The highest BCUT2D eigenvalue weighted by molar-refractivity contribution is 9.10. The Balaban J connectivity index is 2.52. The third kappa shape index (κ3) is 3.83. The lowest BCUT2D eigenvalue weighted by Gasteiger charge is -2.23. The van der Waals surface area contributed by atoms with Gasteiger partial charge < -0.3 is 9.84 Å². The van der Waals surface area contributed by atoms with Crippen LogP contribution in [0.15, 0.2) is 57.9 Å². The highest BCUT2D eigenvalue weighted by Gasteiger charge is 2.27. The van der Waals surface area contributed by atoms with Gasteiger partial charge >= 0.3 is 5.97 Å². The molecular formula is C15H14BrNO5S. The fourth-order valence-corrected chi connectivity index (χ4v) is 4.10. The topological polar surface area (TPSA) is 83.9 Å². The number of methoxy groups -OCH3 is 1. The molecule has 23 heavy (non-hydrogen) atoms. The van der Waals surface area contributed by atoms with Crippen LogP contribution < -0.4 is 9.04 Å². The number of benzene rings is 2. The SMILES string of the molecule is COc1ccc(S(=O)(=O)N(CC(=O)O)c2ccccc2)cc1Br. The second-order valence-corrected chi connectivity index (χ2v) is 7.25. The second kappa shape index (κ2) is 7.01. The van der Waals surface area contributed by atoms with Crippen molar-refractivity contribution in [3.8, 4) is 5.75 Å². The number of rotatable bonds is 6. The number of para-hydroxylation sites is 1. The number of anilines is 1. The van der Waals surface area contributed by atoms with Crippen LogP contribution in [0.3, 0.4) is 0 Å². The van der Waals surface area contributed by atoms with Crippen molar-refractivity contribution in [2.75, 3.05) is 18.0 Å². The molecule has 0 unspecified atom stereocenters. The molecule has 8 heteroatoms. The van der Waals surface area contributed by atoms with Gasteiger partial charge in [-0.1, -0.05) is 18.2 Å². The molecule has 0 bridgehead atoms. The first-order valence-corrected chi connectivity index (χ1v) is 8.72. The van der Waals surface area contributed by atoms with Crippen molar-refractivity contribution in [2.24, 2.45) is 0 Å². The van der Waals surface area contributed by atoms with Gasteiger partial charge in [-0.15, -0.1) is 0 Å². The number of carboxylic acids is 1. The standard InChI is InChI=1S/C15H14BrNO5S/c1-22-14-8-7-12(9-13(14)16)23(20,21)17(10-15(18)19)11-5-3-2-4-6-11/h2-9H,10H2,1H3,(H,18,19). The average Bonchev–Trinajstić information content (AvgIpc) is 2.53. The highest BCUT2D eigenvalue weighted by Crippen LogP contribution is 2.30. The van der Waals surface area contributed by atoms with E-state index in [1.54, 1.807) is 30.3 Å². The molecule has 0 fully saturated rings. The lowest BCUT2D eigenvalue weighted by atomic mass is 10.3. The Morgan fingerprint density at radius 1 is 1.22 bits per heavy atom. The van der Waals surface area contributed by atoms with Gasteiger partial charge in [-0.05, 0) is 46.3 Å². The van der Waals surface area contributed by atoms with Crippen LogP contribution in [0, 0.1) is 0 Å². The highest BCUT2D eigenvalue weighted by atomic mass is 79.9. The molecule has 0 aliphatic heterocycles. The summed E-state index contributed by atoms with van der Waals surface area (Å²) in [5, 5.41) is 9.06. The Morgan fingerprint density at radius 3 is 2.39 bits per heavy atom. The summed E-state index contributed by atoms with van der Waals surface area (Å²) in [6.07, 6.45) is 0. The number of carboxylic acid groups (broad SMARTS) is 1. The van der Waals surface area contributed by atoms with Crippen LogP contribution in [0.4, 0.5) is 5.69 Å². The van der Waals surface area contributed by atoms with E-state index in [-0.39, 0.29) is 10.6 Å². The maximum Gasteiger partial charge on any atom is 0.324 e. The van der Waals surface area contributed by atoms with E-state index in [9.17, 15) is 13.2 Å². The molecule has 0 spiro atoms. The van der Waals surface area contributed by atoms with E-state index in [0.29, 0.717) is 10.2 Å². The van der Waals surface area contributed by atoms with Crippen LogP contribution in [0.1, 0.15) is 0 Å². The molecule has 2 aromatic rings. The largest absolute Gasteiger partial charge is 0.496 e. The molecular weight excluding hydrogens is 386 g/mol. The van der Waals surface area contributed by atoms with E-state index < -0.39 is 22.5 Å². The Bertz CT molecular complexity index is 808. The summed E-state index contributed by atoms with van der Waals surface area (Å²) in [6.45, 7) is -0.671. The molecule has 2 rings (SSSR count). The van der Waals surface area contributed by atoms with E-state index >= 15 is 0 Å². The van der Waals surface area contributed by atoms with Crippen LogP contribution >= 0.6 is 15.9 Å². The lowest BCUT2D eigenvalue weighted by molar-refractivity contribution is -0.135. The molecule has 0 heterocycles. The van der Waals surface area contributed by atoms with Gasteiger partial charge in [0.05, 0.1) is 22.2 Å². The van der Waals surface area contributed by atoms with Gasteiger partial charge in [-0.25, -0.2) is 8.42 Å². The molecule has 0 aromatic heterocycles. The van der Waals surface area contributed by atoms with Crippen molar-refractivity contribution >= 4 is 37.6 Å². The van der Waals surface area contributed by atoms with Crippen LogP contribution in [0.2, 0.25) is 0 Å². The first-order chi connectivity index (χ1) is 10.9. The zero-order valence-corrected chi connectivity index (χ0v) is 14.5. The monoisotopic (exact) mass is 399 g/mol. The summed E-state index contributed by atoms with van der Waals surface area (Å²) in [6, 6.07) is 12.3. The number of sulfonamides is 1. The minimum atomic E-state index is -4.03. The third-order valence-corrected chi connectivity index (χ3v) is 5.42. The van der Waals surface area contributed by atoms with Gasteiger partial charge in [-0.2, -0.15) is 0 Å². The van der Waals surface area contributed by atoms with Gasteiger partial charge in [0.2, 0.25) is 0 Å². The van der Waals surface area contributed by atoms with Crippen molar-refractivity contribution in [2.45, 2.75) is 4.90 Å². The molecule has 0 amide bonds. The average molecular weight is 400 g/mol. The number of nitrogens with zero attached hydrogens (tertiary/aromatic N) is 1. The first kappa shape index (κ1) is 17.3. The molecule has 0 radical (unpaired) electrons. The van der Waals surface area contributed by atoms with Gasteiger partial charge in [0.15, 0.2) is 0 Å². The molecule has 2 aromatic carbocycles. The summed E-state index contributed by atoms with van der Waals surface area (Å²) in [4.78, 5) is 11.1. The Kier molecular flexibility index (Phi) is 5.27. The van der Waals surface area contributed by atoms with Crippen molar-refractivity contribution in [3.05, 3.63) is 53.0 Å². The number of aliphatic carboxylic acids is 1. The van der Waals surface area contributed by atoms with Crippen molar-refractivity contribution in [1.82, 2.24) is 0 Å². The molecule has 0 saturated heterocycles. The molecule has 6 nitrogen and oxygen atoms in total. The predicted octanol–water partition coefficient (Wildman–Crippen LogP) is 2.74. The first-order valence-electron chi connectivity index (χ1n) is 6.49. The summed E-state index contributed by atoms with van der Waals surface area (Å²) in [5.74, 6) is -0.765. The number of hydrogen-bond acceptors (Lipinski definition) is 4. The van der Waals surface area contributed by atoms with E-state index in [4.69, 9.17) is 9.84 Å². The number of ether oxygens (including phenoxy) is 1. The summed E-state index contributed by atoms with van der Waals surface area (Å²) >= 11 is 3.23. The summed E-state index contributed by atoms with van der Waals surface area (Å²) in [5.41, 5.74) is 0.279. The summed E-state index contributed by atoms with van der Waals surface area (Å²) in [7, 11) is -2.56. The van der Waals surface area contributed by atoms with E-state index in [2.05, 4.69) is 15.9 Å². The lowest BCUT2D eigenvalue weighted by Crippen LogP contribution is -2.35. The third-order valence-electron chi connectivity index (χ3n) is 3.03. The van der Waals surface area contributed by atoms with Crippen LogP contribution in [-0.4, -0.2) is 33.1 Å². The smallest absolute Gasteiger partial charge is 0.324 e. The Hall–Kier alpha value is -2.06.